The van der Waals surface area contributed by atoms with Crippen molar-refractivity contribution in [3.63, 3.8) is 0 Å². The van der Waals surface area contributed by atoms with Crippen LogP contribution in [0.4, 0.5) is 13.2 Å². The summed E-state index contributed by atoms with van der Waals surface area (Å²) in [6, 6.07) is -1.65. The molecule has 17 heavy (non-hydrogen) atoms. The van der Waals surface area contributed by atoms with Crippen LogP contribution in [0.1, 0.15) is 20.3 Å². The van der Waals surface area contributed by atoms with Gasteiger partial charge in [0.1, 0.15) is 6.04 Å². The molecule has 0 aromatic heterocycles. The molecule has 1 atom stereocenters. The first-order valence-electron chi connectivity index (χ1n) is 4.65. The third-order valence-corrected chi connectivity index (χ3v) is 2.11. The number of ether oxygens (including phenoxy) is 1. The van der Waals surface area contributed by atoms with Gasteiger partial charge in [-0.3, -0.25) is 4.79 Å². The summed E-state index contributed by atoms with van der Waals surface area (Å²) in [6.07, 6.45) is -5.38. The minimum atomic E-state index is -5.11. The number of carboxylic acid groups (broad SMARTS) is 1. The van der Waals surface area contributed by atoms with Crippen molar-refractivity contribution >= 4 is 11.9 Å². The average molecular weight is 257 g/mol. The highest BCUT2D eigenvalue weighted by Gasteiger charge is 2.41. The second-order valence-corrected chi connectivity index (χ2v) is 4.03. The number of amides is 1. The first-order chi connectivity index (χ1) is 7.49. The van der Waals surface area contributed by atoms with Gasteiger partial charge in [0.05, 0.1) is 5.60 Å². The Bertz CT molecular complexity index is 301. The highest BCUT2D eigenvalue weighted by atomic mass is 19.4. The summed E-state index contributed by atoms with van der Waals surface area (Å²) in [4.78, 5) is 21.3. The molecule has 8 heteroatoms. The molecule has 0 aliphatic carbocycles. The second-order valence-electron chi connectivity index (χ2n) is 4.03. The predicted octanol–water partition coefficient (Wildman–Crippen LogP) is 0.933. The van der Waals surface area contributed by atoms with Gasteiger partial charge in [-0.15, -0.1) is 0 Å². The Morgan fingerprint density at radius 3 is 2.12 bits per heavy atom. The Hall–Kier alpha value is -1.31. The molecule has 100 valence electrons. The van der Waals surface area contributed by atoms with Gasteiger partial charge in [-0.05, 0) is 13.8 Å². The number of halogens is 3. The van der Waals surface area contributed by atoms with E-state index < -0.39 is 29.7 Å². The summed E-state index contributed by atoms with van der Waals surface area (Å²) >= 11 is 0. The predicted molar refractivity (Wildman–Crippen MR) is 51.3 cm³/mol. The summed E-state index contributed by atoms with van der Waals surface area (Å²) in [6.45, 7) is 3.01. The van der Waals surface area contributed by atoms with Gasteiger partial charge in [0.2, 0.25) is 0 Å². The van der Waals surface area contributed by atoms with Crippen LogP contribution in [0.15, 0.2) is 0 Å². The number of carbonyl (C=O) groups is 2. The molecule has 0 bridgehead atoms. The Balaban J connectivity index is 4.68. The summed E-state index contributed by atoms with van der Waals surface area (Å²) < 4.78 is 40.7. The third-order valence-electron chi connectivity index (χ3n) is 2.11. The summed E-state index contributed by atoms with van der Waals surface area (Å²) in [5.41, 5.74) is -0.956. The van der Waals surface area contributed by atoms with Crippen molar-refractivity contribution in [1.29, 1.82) is 0 Å². The number of carboxylic acids is 1. The van der Waals surface area contributed by atoms with Crippen molar-refractivity contribution in [2.75, 3.05) is 7.11 Å². The lowest BCUT2D eigenvalue weighted by Crippen LogP contribution is -2.49. The molecule has 0 fully saturated rings. The van der Waals surface area contributed by atoms with Crippen LogP contribution in [0, 0.1) is 0 Å². The lowest BCUT2D eigenvalue weighted by Gasteiger charge is -2.27. The van der Waals surface area contributed by atoms with Crippen molar-refractivity contribution in [2.45, 2.75) is 38.1 Å². The number of aliphatic carboxylic acids is 1. The highest BCUT2D eigenvalue weighted by Crippen LogP contribution is 2.18. The van der Waals surface area contributed by atoms with E-state index in [2.05, 4.69) is 0 Å². The van der Waals surface area contributed by atoms with E-state index in [1.165, 1.54) is 26.3 Å². The number of rotatable bonds is 5. The smallest absolute Gasteiger partial charge is 0.471 e. The second kappa shape index (κ2) is 5.35. The first kappa shape index (κ1) is 15.7. The van der Waals surface area contributed by atoms with Crippen molar-refractivity contribution in [3.05, 3.63) is 0 Å². The molecular formula is C9H14F3NO4. The first-order valence-corrected chi connectivity index (χ1v) is 4.65. The van der Waals surface area contributed by atoms with E-state index in [9.17, 15) is 22.8 Å². The maximum Gasteiger partial charge on any atom is 0.471 e. The third kappa shape index (κ3) is 5.53. The molecule has 0 aliphatic heterocycles. The van der Waals surface area contributed by atoms with Crippen molar-refractivity contribution < 1.29 is 32.6 Å². The van der Waals surface area contributed by atoms with Crippen LogP contribution < -0.4 is 5.32 Å². The molecule has 0 aromatic rings. The normalized spacial score (nSPS) is 14.2. The Labute approximate surface area is 95.9 Å². The van der Waals surface area contributed by atoms with Crippen LogP contribution in [-0.2, 0) is 14.3 Å². The number of carbonyl (C=O) groups excluding carboxylic acids is 1. The summed E-state index contributed by atoms with van der Waals surface area (Å²) in [7, 11) is 1.30. The number of methoxy groups -OCH3 is 1. The average Bonchev–Trinajstić information content (AvgIpc) is 2.14. The van der Waals surface area contributed by atoms with Gasteiger partial charge in [-0.1, -0.05) is 0 Å². The lowest BCUT2D eigenvalue weighted by molar-refractivity contribution is -0.176. The standard InChI is InChI=1S/C9H14F3NO4/c1-8(2,17-3)4-5(6(14)15)13-7(16)9(10,11)12/h5H,4H2,1-3H3,(H,13,16)(H,14,15). The molecule has 0 radical (unpaired) electrons. The van der Waals surface area contributed by atoms with Gasteiger partial charge >= 0.3 is 18.1 Å². The van der Waals surface area contributed by atoms with Crippen molar-refractivity contribution in [1.82, 2.24) is 5.32 Å². The quantitative estimate of drug-likeness (QED) is 0.768. The molecule has 1 unspecified atom stereocenters. The van der Waals surface area contributed by atoms with Gasteiger partial charge in [0, 0.05) is 13.5 Å². The van der Waals surface area contributed by atoms with Gasteiger partial charge in [0.15, 0.2) is 0 Å². The molecule has 5 nitrogen and oxygen atoms in total. The van der Waals surface area contributed by atoms with E-state index in [0.29, 0.717) is 0 Å². The minimum absolute atomic E-state index is 0.277. The van der Waals surface area contributed by atoms with Gasteiger partial charge < -0.3 is 15.2 Å². The zero-order valence-corrected chi connectivity index (χ0v) is 9.59. The largest absolute Gasteiger partial charge is 0.480 e. The maximum absolute atomic E-state index is 12.0. The molecule has 0 aromatic carbocycles. The zero-order valence-electron chi connectivity index (χ0n) is 9.59. The molecule has 1 amide bonds. The SMILES string of the molecule is COC(C)(C)CC(NC(=O)C(F)(F)F)C(=O)O. The van der Waals surface area contributed by atoms with E-state index in [1.54, 1.807) is 0 Å². The number of nitrogens with one attached hydrogen (secondary N) is 1. The lowest BCUT2D eigenvalue weighted by atomic mass is 9.99. The van der Waals surface area contributed by atoms with Crippen molar-refractivity contribution in [2.24, 2.45) is 0 Å². The summed E-state index contributed by atoms with van der Waals surface area (Å²) in [5.74, 6) is -3.83. The van der Waals surface area contributed by atoms with Gasteiger partial charge in [0.25, 0.3) is 0 Å². The fraction of sp³-hybridized carbons (Fsp3) is 0.778. The topological polar surface area (TPSA) is 75.6 Å². The van der Waals surface area contributed by atoms with E-state index in [4.69, 9.17) is 9.84 Å². The van der Waals surface area contributed by atoms with Crippen LogP contribution in [0.5, 0.6) is 0 Å². The number of hydrogen-bond donors (Lipinski definition) is 2. The van der Waals surface area contributed by atoms with Crippen LogP contribution in [0.25, 0.3) is 0 Å². The Morgan fingerprint density at radius 1 is 1.35 bits per heavy atom. The molecule has 0 heterocycles. The maximum atomic E-state index is 12.0. The Kier molecular flexibility index (Phi) is 4.94. The molecule has 2 N–H and O–H groups in total. The van der Waals surface area contributed by atoms with E-state index in [1.807, 2.05) is 0 Å². The number of alkyl halides is 3. The summed E-state index contributed by atoms with van der Waals surface area (Å²) in [5, 5.41) is 10.1. The minimum Gasteiger partial charge on any atom is -0.480 e. The van der Waals surface area contributed by atoms with Gasteiger partial charge in [-0.2, -0.15) is 13.2 Å². The Morgan fingerprint density at radius 2 is 1.82 bits per heavy atom. The molecule has 0 aliphatic rings. The van der Waals surface area contributed by atoms with Crippen LogP contribution in [0.2, 0.25) is 0 Å². The molecule has 0 saturated carbocycles. The van der Waals surface area contributed by atoms with Crippen LogP contribution in [-0.4, -0.2) is 41.9 Å². The van der Waals surface area contributed by atoms with Crippen LogP contribution in [0.3, 0.4) is 0 Å². The zero-order chi connectivity index (χ0) is 13.9. The monoisotopic (exact) mass is 257 g/mol. The van der Waals surface area contributed by atoms with E-state index in [-0.39, 0.29) is 6.42 Å². The van der Waals surface area contributed by atoms with Crippen molar-refractivity contribution in [3.8, 4) is 0 Å². The molecule has 0 saturated heterocycles. The molecular weight excluding hydrogens is 243 g/mol. The fourth-order valence-corrected chi connectivity index (χ4v) is 1.02. The molecule has 0 spiro atoms. The molecule has 0 rings (SSSR count). The van der Waals surface area contributed by atoms with Crippen LogP contribution >= 0.6 is 0 Å². The fourth-order valence-electron chi connectivity index (χ4n) is 1.02. The number of hydrogen-bond acceptors (Lipinski definition) is 3. The highest BCUT2D eigenvalue weighted by molar-refractivity contribution is 5.86. The van der Waals surface area contributed by atoms with E-state index in [0.717, 1.165) is 0 Å². The van der Waals surface area contributed by atoms with E-state index >= 15 is 0 Å². The van der Waals surface area contributed by atoms with Gasteiger partial charge in [-0.25, -0.2) is 4.79 Å².